The number of rotatable bonds is 6. The van der Waals surface area contributed by atoms with Gasteiger partial charge in [-0.05, 0) is 54.5 Å². The summed E-state index contributed by atoms with van der Waals surface area (Å²) < 4.78 is 5.96. The summed E-state index contributed by atoms with van der Waals surface area (Å²) in [5.41, 5.74) is 0.710. The molecule has 0 aliphatic carbocycles. The minimum absolute atomic E-state index is 0.133. The van der Waals surface area contributed by atoms with Crippen molar-refractivity contribution in [2.45, 2.75) is 26.8 Å². The van der Waals surface area contributed by atoms with Gasteiger partial charge >= 0.3 is 0 Å². The smallest absolute Gasteiger partial charge is 0.176 e. The quantitative estimate of drug-likeness (QED) is 0.754. The molecule has 1 aromatic carbocycles. The molecule has 0 N–H and O–H groups in total. The SMILES string of the molecule is CCN(CC(=O)c1ccc(OC)c(Br)c1)C(C)C. The third-order valence-electron chi connectivity index (χ3n) is 2.96. The van der Waals surface area contributed by atoms with Gasteiger partial charge in [0.2, 0.25) is 0 Å². The molecule has 0 amide bonds. The Morgan fingerprint density at radius 3 is 2.56 bits per heavy atom. The lowest BCUT2D eigenvalue weighted by Crippen LogP contribution is -2.35. The van der Waals surface area contributed by atoms with Gasteiger partial charge in [-0.1, -0.05) is 6.92 Å². The Morgan fingerprint density at radius 2 is 2.11 bits per heavy atom. The summed E-state index contributed by atoms with van der Waals surface area (Å²) in [7, 11) is 1.61. The van der Waals surface area contributed by atoms with Gasteiger partial charge in [-0.25, -0.2) is 0 Å². The highest BCUT2D eigenvalue weighted by molar-refractivity contribution is 9.10. The van der Waals surface area contributed by atoms with E-state index in [2.05, 4.69) is 41.6 Å². The Morgan fingerprint density at radius 1 is 1.44 bits per heavy atom. The molecule has 0 bridgehead atoms. The Labute approximate surface area is 117 Å². The normalized spacial score (nSPS) is 11.1. The maximum absolute atomic E-state index is 12.2. The highest BCUT2D eigenvalue weighted by Gasteiger charge is 2.14. The molecular formula is C14H20BrNO2. The summed E-state index contributed by atoms with van der Waals surface area (Å²) in [6.45, 7) is 7.59. The maximum atomic E-state index is 12.2. The van der Waals surface area contributed by atoms with Gasteiger partial charge in [0.25, 0.3) is 0 Å². The van der Waals surface area contributed by atoms with Crippen molar-refractivity contribution in [3.63, 3.8) is 0 Å². The Bertz CT molecular complexity index is 418. The topological polar surface area (TPSA) is 29.5 Å². The highest BCUT2D eigenvalue weighted by Crippen LogP contribution is 2.25. The highest BCUT2D eigenvalue weighted by atomic mass is 79.9. The summed E-state index contributed by atoms with van der Waals surface area (Å²) in [6.07, 6.45) is 0. The number of Topliss-reactive ketones (excluding diaryl/α,β-unsaturated/α-hetero) is 1. The van der Waals surface area contributed by atoms with Crippen molar-refractivity contribution in [2.75, 3.05) is 20.2 Å². The fourth-order valence-corrected chi connectivity index (χ4v) is 2.32. The van der Waals surface area contributed by atoms with Crippen LogP contribution in [0, 0.1) is 0 Å². The zero-order valence-electron chi connectivity index (χ0n) is 11.4. The van der Waals surface area contributed by atoms with Gasteiger partial charge < -0.3 is 4.74 Å². The second kappa shape index (κ2) is 6.90. The lowest BCUT2D eigenvalue weighted by molar-refractivity contribution is 0.0911. The molecule has 1 aromatic rings. The number of halogens is 1. The Balaban J connectivity index is 2.81. The standard InChI is InChI=1S/C14H20BrNO2/c1-5-16(10(2)3)9-13(17)11-6-7-14(18-4)12(15)8-11/h6-8,10H,5,9H2,1-4H3. The van der Waals surface area contributed by atoms with E-state index in [1.807, 2.05) is 12.1 Å². The van der Waals surface area contributed by atoms with Crippen molar-refractivity contribution < 1.29 is 9.53 Å². The van der Waals surface area contributed by atoms with Gasteiger partial charge in [-0.2, -0.15) is 0 Å². The predicted octanol–water partition coefficient (Wildman–Crippen LogP) is 3.37. The van der Waals surface area contributed by atoms with Crippen molar-refractivity contribution in [3.05, 3.63) is 28.2 Å². The molecule has 0 aliphatic heterocycles. The minimum Gasteiger partial charge on any atom is -0.496 e. The van der Waals surface area contributed by atoms with Crippen molar-refractivity contribution in [1.82, 2.24) is 4.90 Å². The van der Waals surface area contributed by atoms with Crippen LogP contribution in [-0.2, 0) is 0 Å². The van der Waals surface area contributed by atoms with Crippen molar-refractivity contribution in [2.24, 2.45) is 0 Å². The van der Waals surface area contributed by atoms with Crippen LogP contribution < -0.4 is 4.74 Å². The fraction of sp³-hybridized carbons (Fsp3) is 0.500. The zero-order chi connectivity index (χ0) is 13.7. The van der Waals surface area contributed by atoms with E-state index in [0.29, 0.717) is 18.2 Å². The van der Waals surface area contributed by atoms with Crippen LogP contribution in [0.5, 0.6) is 5.75 Å². The van der Waals surface area contributed by atoms with E-state index >= 15 is 0 Å². The number of nitrogens with zero attached hydrogens (tertiary/aromatic N) is 1. The van der Waals surface area contributed by atoms with Crippen LogP contribution in [0.3, 0.4) is 0 Å². The lowest BCUT2D eigenvalue weighted by atomic mass is 10.1. The van der Waals surface area contributed by atoms with E-state index in [9.17, 15) is 4.79 Å². The summed E-state index contributed by atoms with van der Waals surface area (Å²) in [5.74, 6) is 0.872. The molecule has 0 aromatic heterocycles. The van der Waals surface area contributed by atoms with Crippen LogP contribution in [0.15, 0.2) is 22.7 Å². The van der Waals surface area contributed by atoms with E-state index in [1.165, 1.54) is 0 Å². The molecular weight excluding hydrogens is 294 g/mol. The fourth-order valence-electron chi connectivity index (χ4n) is 1.78. The second-order valence-electron chi connectivity index (χ2n) is 4.43. The van der Waals surface area contributed by atoms with Crippen LogP contribution in [0.4, 0.5) is 0 Å². The minimum atomic E-state index is 0.133. The molecule has 0 saturated heterocycles. The molecule has 0 saturated carbocycles. The largest absolute Gasteiger partial charge is 0.496 e. The third-order valence-corrected chi connectivity index (χ3v) is 3.58. The van der Waals surface area contributed by atoms with Crippen LogP contribution in [0.25, 0.3) is 0 Å². The predicted molar refractivity (Wildman–Crippen MR) is 77.4 cm³/mol. The first-order valence-electron chi connectivity index (χ1n) is 6.10. The lowest BCUT2D eigenvalue weighted by Gasteiger charge is -2.23. The number of carbonyl (C=O) groups is 1. The molecule has 1 rings (SSSR count). The van der Waals surface area contributed by atoms with E-state index in [4.69, 9.17) is 4.74 Å². The molecule has 4 heteroatoms. The van der Waals surface area contributed by atoms with Crippen LogP contribution in [-0.4, -0.2) is 36.9 Å². The second-order valence-corrected chi connectivity index (χ2v) is 5.28. The van der Waals surface area contributed by atoms with E-state index in [1.54, 1.807) is 13.2 Å². The molecule has 0 spiro atoms. The molecule has 0 radical (unpaired) electrons. The molecule has 0 unspecified atom stereocenters. The molecule has 0 atom stereocenters. The molecule has 0 aliphatic rings. The van der Waals surface area contributed by atoms with Crippen molar-refractivity contribution in [3.8, 4) is 5.75 Å². The maximum Gasteiger partial charge on any atom is 0.176 e. The average molecular weight is 314 g/mol. The molecule has 0 fully saturated rings. The average Bonchev–Trinajstić information content (AvgIpc) is 2.35. The van der Waals surface area contributed by atoms with E-state index in [0.717, 1.165) is 16.8 Å². The number of benzene rings is 1. The van der Waals surface area contributed by atoms with Crippen molar-refractivity contribution in [1.29, 1.82) is 0 Å². The van der Waals surface area contributed by atoms with Crippen LogP contribution in [0.2, 0.25) is 0 Å². The number of ketones is 1. The van der Waals surface area contributed by atoms with Gasteiger partial charge in [0.05, 0.1) is 18.1 Å². The zero-order valence-corrected chi connectivity index (χ0v) is 13.0. The Hall–Kier alpha value is -0.870. The number of carbonyl (C=O) groups excluding carboxylic acids is 1. The molecule has 3 nitrogen and oxygen atoms in total. The van der Waals surface area contributed by atoms with Crippen LogP contribution in [0.1, 0.15) is 31.1 Å². The monoisotopic (exact) mass is 313 g/mol. The third kappa shape index (κ3) is 3.82. The number of likely N-dealkylation sites (N-methyl/N-ethyl adjacent to an activating group) is 1. The van der Waals surface area contributed by atoms with Gasteiger partial charge in [-0.3, -0.25) is 9.69 Å². The number of ether oxygens (including phenoxy) is 1. The first-order chi connectivity index (χ1) is 8.49. The van der Waals surface area contributed by atoms with E-state index < -0.39 is 0 Å². The number of methoxy groups -OCH3 is 1. The summed E-state index contributed by atoms with van der Waals surface area (Å²) in [5, 5.41) is 0. The van der Waals surface area contributed by atoms with Crippen LogP contribution >= 0.6 is 15.9 Å². The first kappa shape index (κ1) is 15.2. The summed E-state index contributed by atoms with van der Waals surface area (Å²) in [6, 6.07) is 5.80. The number of hydrogen-bond acceptors (Lipinski definition) is 3. The Kier molecular flexibility index (Phi) is 5.82. The van der Waals surface area contributed by atoms with Crippen molar-refractivity contribution >= 4 is 21.7 Å². The van der Waals surface area contributed by atoms with Gasteiger partial charge in [0.15, 0.2) is 5.78 Å². The first-order valence-corrected chi connectivity index (χ1v) is 6.89. The summed E-state index contributed by atoms with van der Waals surface area (Å²) >= 11 is 3.40. The number of hydrogen-bond donors (Lipinski definition) is 0. The molecule has 100 valence electrons. The van der Waals surface area contributed by atoms with E-state index in [-0.39, 0.29) is 5.78 Å². The molecule has 0 heterocycles. The van der Waals surface area contributed by atoms with Gasteiger partial charge in [0, 0.05) is 11.6 Å². The molecule has 18 heavy (non-hydrogen) atoms. The van der Waals surface area contributed by atoms with Gasteiger partial charge in [-0.15, -0.1) is 0 Å². The summed E-state index contributed by atoms with van der Waals surface area (Å²) in [4.78, 5) is 14.3. The van der Waals surface area contributed by atoms with Gasteiger partial charge in [0.1, 0.15) is 5.75 Å².